The topological polar surface area (TPSA) is 83.6 Å². The minimum Gasteiger partial charge on any atom is -0.345 e. The molecule has 21 heavy (non-hydrogen) atoms. The minimum absolute atomic E-state index is 0.196. The van der Waals surface area contributed by atoms with Crippen LogP contribution in [0.15, 0.2) is 24.3 Å². The van der Waals surface area contributed by atoms with Crippen molar-refractivity contribution in [1.29, 1.82) is 0 Å². The number of Topliss-reactive ketones (excluding diaryl/α,β-unsaturated/α-hetero) is 1. The summed E-state index contributed by atoms with van der Waals surface area (Å²) in [5, 5.41) is 2.49. The van der Waals surface area contributed by atoms with Crippen LogP contribution >= 0.6 is 0 Å². The van der Waals surface area contributed by atoms with Gasteiger partial charge in [-0.25, -0.2) is 0 Å². The third-order valence-electron chi connectivity index (χ3n) is 3.56. The van der Waals surface area contributed by atoms with Crippen molar-refractivity contribution >= 4 is 23.5 Å². The quantitative estimate of drug-likeness (QED) is 0.829. The Bertz CT molecular complexity index is 603. The monoisotopic (exact) mass is 288 g/mol. The second kappa shape index (κ2) is 5.47. The summed E-state index contributed by atoms with van der Waals surface area (Å²) in [6.07, 6.45) is 0. The highest BCUT2D eigenvalue weighted by atomic mass is 16.2. The molecule has 6 nitrogen and oxygen atoms in total. The first-order chi connectivity index (χ1) is 9.84. The molecule has 1 N–H and O–H groups in total. The van der Waals surface area contributed by atoms with Gasteiger partial charge in [-0.3, -0.25) is 24.1 Å². The van der Waals surface area contributed by atoms with Crippen LogP contribution in [-0.2, 0) is 9.59 Å². The highest BCUT2D eigenvalue weighted by molar-refractivity contribution is 6.22. The number of benzene rings is 1. The zero-order valence-corrected chi connectivity index (χ0v) is 12.0. The van der Waals surface area contributed by atoms with E-state index in [2.05, 4.69) is 5.32 Å². The van der Waals surface area contributed by atoms with Gasteiger partial charge in [-0.2, -0.15) is 0 Å². The Morgan fingerprint density at radius 2 is 1.52 bits per heavy atom. The van der Waals surface area contributed by atoms with Crippen LogP contribution in [0.25, 0.3) is 0 Å². The summed E-state index contributed by atoms with van der Waals surface area (Å²) in [4.78, 5) is 48.6. The summed E-state index contributed by atoms with van der Waals surface area (Å²) in [6.45, 7) is 4.37. The number of nitrogens with zero attached hydrogens (tertiary/aromatic N) is 1. The van der Waals surface area contributed by atoms with E-state index in [1.807, 2.05) is 0 Å². The van der Waals surface area contributed by atoms with Crippen molar-refractivity contribution in [2.75, 3.05) is 0 Å². The Hall–Kier alpha value is -2.50. The molecule has 0 aromatic heterocycles. The lowest BCUT2D eigenvalue weighted by Crippen LogP contribution is -2.51. The van der Waals surface area contributed by atoms with Crippen LogP contribution in [-0.4, -0.2) is 40.5 Å². The number of rotatable bonds is 4. The molecule has 1 heterocycles. The lowest BCUT2D eigenvalue weighted by Gasteiger charge is -2.23. The van der Waals surface area contributed by atoms with Crippen molar-refractivity contribution in [1.82, 2.24) is 10.2 Å². The first-order valence-electron chi connectivity index (χ1n) is 6.62. The van der Waals surface area contributed by atoms with E-state index in [-0.39, 0.29) is 5.78 Å². The molecule has 3 amide bonds. The molecule has 0 radical (unpaired) electrons. The predicted octanol–water partition coefficient (Wildman–Crippen LogP) is 0.765. The van der Waals surface area contributed by atoms with E-state index in [4.69, 9.17) is 0 Å². The molecule has 0 saturated carbocycles. The van der Waals surface area contributed by atoms with E-state index in [9.17, 15) is 19.2 Å². The molecule has 2 atom stereocenters. The fourth-order valence-electron chi connectivity index (χ4n) is 2.11. The van der Waals surface area contributed by atoms with Gasteiger partial charge in [-0.1, -0.05) is 12.1 Å². The van der Waals surface area contributed by atoms with Gasteiger partial charge < -0.3 is 5.32 Å². The Balaban J connectivity index is 2.20. The first kappa shape index (κ1) is 14.9. The second-order valence-electron chi connectivity index (χ2n) is 5.04. The normalized spacial score (nSPS) is 16.4. The van der Waals surface area contributed by atoms with Crippen LogP contribution in [0.3, 0.4) is 0 Å². The van der Waals surface area contributed by atoms with Crippen molar-refractivity contribution in [2.45, 2.75) is 32.9 Å². The van der Waals surface area contributed by atoms with Crippen molar-refractivity contribution < 1.29 is 19.2 Å². The SMILES string of the molecule is CC(=O)[C@H](C)NC(=O)[C@@H](C)N1C(=O)c2ccccc2C1=O. The van der Waals surface area contributed by atoms with E-state index in [0.29, 0.717) is 11.1 Å². The summed E-state index contributed by atoms with van der Waals surface area (Å²) in [5.41, 5.74) is 0.587. The van der Waals surface area contributed by atoms with E-state index in [0.717, 1.165) is 4.90 Å². The number of imide groups is 1. The van der Waals surface area contributed by atoms with Gasteiger partial charge in [-0.15, -0.1) is 0 Å². The summed E-state index contributed by atoms with van der Waals surface area (Å²) >= 11 is 0. The summed E-state index contributed by atoms with van der Waals surface area (Å²) in [7, 11) is 0. The fraction of sp³-hybridized carbons (Fsp3) is 0.333. The number of nitrogens with one attached hydrogen (secondary N) is 1. The average Bonchev–Trinajstić information content (AvgIpc) is 2.70. The molecule has 2 rings (SSSR count). The molecule has 0 bridgehead atoms. The lowest BCUT2D eigenvalue weighted by atomic mass is 10.1. The number of carbonyl (C=O) groups excluding carboxylic acids is 4. The van der Waals surface area contributed by atoms with Crippen LogP contribution in [0, 0.1) is 0 Å². The van der Waals surface area contributed by atoms with Crippen molar-refractivity contribution in [2.24, 2.45) is 0 Å². The maximum atomic E-state index is 12.2. The molecular formula is C15H16N2O4. The van der Waals surface area contributed by atoms with Crippen molar-refractivity contribution in [3.63, 3.8) is 0 Å². The Morgan fingerprint density at radius 1 is 1.05 bits per heavy atom. The van der Waals surface area contributed by atoms with Gasteiger partial charge >= 0.3 is 0 Å². The Morgan fingerprint density at radius 3 is 1.95 bits per heavy atom. The molecule has 6 heteroatoms. The summed E-state index contributed by atoms with van der Waals surface area (Å²) in [6, 6.07) is 4.80. The third kappa shape index (κ3) is 2.56. The number of ketones is 1. The van der Waals surface area contributed by atoms with Crippen LogP contribution in [0.4, 0.5) is 0 Å². The molecule has 0 saturated heterocycles. The van der Waals surface area contributed by atoms with Gasteiger partial charge in [0, 0.05) is 0 Å². The van der Waals surface area contributed by atoms with Crippen LogP contribution in [0.2, 0.25) is 0 Å². The molecular weight excluding hydrogens is 272 g/mol. The van der Waals surface area contributed by atoms with E-state index >= 15 is 0 Å². The molecule has 110 valence electrons. The standard InChI is InChI=1S/C15H16N2O4/c1-8(10(3)18)16-13(19)9(2)17-14(20)11-6-4-5-7-12(11)15(17)21/h4-9H,1-3H3,(H,16,19)/t8-,9+/m0/s1. The third-order valence-corrected chi connectivity index (χ3v) is 3.56. The Labute approximate surface area is 122 Å². The summed E-state index contributed by atoms with van der Waals surface area (Å²) < 4.78 is 0. The van der Waals surface area contributed by atoms with E-state index in [1.165, 1.54) is 13.8 Å². The van der Waals surface area contributed by atoms with E-state index in [1.54, 1.807) is 31.2 Å². The van der Waals surface area contributed by atoms with Gasteiger partial charge in [0.15, 0.2) is 5.78 Å². The Kier molecular flexibility index (Phi) is 3.88. The number of hydrogen-bond acceptors (Lipinski definition) is 4. The van der Waals surface area contributed by atoms with E-state index < -0.39 is 29.8 Å². The molecule has 0 spiro atoms. The number of fused-ring (bicyclic) bond motifs is 1. The molecule has 1 aliphatic heterocycles. The second-order valence-corrected chi connectivity index (χ2v) is 5.04. The maximum absolute atomic E-state index is 12.2. The molecule has 0 aliphatic carbocycles. The molecule has 0 unspecified atom stereocenters. The highest BCUT2D eigenvalue weighted by Crippen LogP contribution is 2.24. The number of hydrogen-bond donors (Lipinski definition) is 1. The highest BCUT2D eigenvalue weighted by Gasteiger charge is 2.40. The van der Waals surface area contributed by atoms with Crippen LogP contribution in [0.1, 0.15) is 41.5 Å². The zero-order valence-electron chi connectivity index (χ0n) is 12.0. The fourth-order valence-corrected chi connectivity index (χ4v) is 2.11. The number of carbonyl (C=O) groups is 4. The van der Waals surface area contributed by atoms with Gasteiger partial charge in [0.2, 0.25) is 5.91 Å². The predicted molar refractivity (Wildman–Crippen MR) is 74.7 cm³/mol. The zero-order chi connectivity index (χ0) is 15.7. The lowest BCUT2D eigenvalue weighted by molar-refractivity contribution is -0.128. The molecule has 1 aliphatic rings. The first-order valence-corrected chi connectivity index (χ1v) is 6.62. The average molecular weight is 288 g/mol. The van der Waals surface area contributed by atoms with Gasteiger partial charge in [0.25, 0.3) is 11.8 Å². The maximum Gasteiger partial charge on any atom is 0.262 e. The van der Waals surface area contributed by atoms with Gasteiger partial charge in [0.1, 0.15) is 6.04 Å². The number of amides is 3. The van der Waals surface area contributed by atoms with Gasteiger partial charge in [-0.05, 0) is 32.9 Å². The largest absolute Gasteiger partial charge is 0.345 e. The van der Waals surface area contributed by atoms with Gasteiger partial charge in [0.05, 0.1) is 17.2 Å². The van der Waals surface area contributed by atoms with Crippen LogP contribution < -0.4 is 5.32 Å². The minimum atomic E-state index is -0.973. The molecule has 0 fully saturated rings. The molecule has 1 aromatic rings. The van der Waals surface area contributed by atoms with Crippen molar-refractivity contribution in [3.8, 4) is 0 Å². The molecule has 1 aromatic carbocycles. The summed E-state index contributed by atoms with van der Waals surface area (Å²) in [5.74, 6) is -1.72. The van der Waals surface area contributed by atoms with Crippen molar-refractivity contribution in [3.05, 3.63) is 35.4 Å². The smallest absolute Gasteiger partial charge is 0.262 e. The van der Waals surface area contributed by atoms with Crippen LogP contribution in [0.5, 0.6) is 0 Å².